The largest absolute Gasteiger partial charge is 0.419 e. The third kappa shape index (κ3) is 4.86. The number of carbonyl (C=O) groups is 1. The summed E-state index contributed by atoms with van der Waals surface area (Å²) in [4.78, 5) is 20.1. The van der Waals surface area contributed by atoms with Gasteiger partial charge in [0.2, 0.25) is 0 Å². The Hall–Kier alpha value is -2.77. The number of rotatable bonds is 4. The number of pyridine rings is 1. The van der Waals surface area contributed by atoms with Crippen LogP contribution in [0.3, 0.4) is 0 Å². The molecular weight excluding hydrogens is 393 g/mol. The van der Waals surface area contributed by atoms with Gasteiger partial charge < -0.3 is 15.1 Å². The van der Waals surface area contributed by atoms with Crippen LogP contribution in [0.25, 0.3) is 0 Å². The molecule has 3 rings (SSSR count). The summed E-state index contributed by atoms with van der Waals surface area (Å²) in [7, 11) is 0. The maximum Gasteiger partial charge on any atom is 0.419 e. The van der Waals surface area contributed by atoms with Gasteiger partial charge in [-0.05, 0) is 42.2 Å². The first-order chi connectivity index (χ1) is 14.2. The standard InChI is InChI=1S/C22H27F3N4O/c1-4-18-14-28(20-19(22(23,24)25)6-5-11-26-20)12-13-29(18)21(30)27-17-9-7-16(8-10-17)15(2)3/h5-11,15,18H,4,12-14H2,1-3H3,(H,27,30). The van der Waals surface area contributed by atoms with E-state index < -0.39 is 11.7 Å². The van der Waals surface area contributed by atoms with Crippen molar-refractivity contribution in [3.05, 3.63) is 53.7 Å². The van der Waals surface area contributed by atoms with Gasteiger partial charge in [0.25, 0.3) is 0 Å². The van der Waals surface area contributed by atoms with Crippen LogP contribution in [0, 0.1) is 0 Å². The first kappa shape index (κ1) is 21.9. The van der Waals surface area contributed by atoms with Gasteiger partial charge in [-0.2, -0.15) is 13.2 Å². The Morgan fingerprint density at radius 2 is 1.90 bits per heavy atom. The van der Waals surface area contributed by atoms with Crippen molar-refractivity contribution >= 4 is 17.5 Å². The highest BCUT2D eigenvalue weighted by Gasteiger charge is 2.38. The summed E-state index contributed by atoms with van der Waals surface area (Å²) in [5.74, 6) is 0.327. The highest BCUT2D eigenvalue weighted by atomic mass is 19.4. The summed E-state index contributed by atoms with van der Waals surface area (Å²) in [6, 6.07) is 9.58. The number of aromatic nitrogens is 1. The average Bonchev–Trinajstić information content (AvgIpc) is 2.73. The van der Waals surface area contributed by atoms with Gasteiger partial charge in [-0.15, -0.1) is 0 Å². The van der Waals surface area contributed by atoms with E-state index in [1.807, 2.05) is 31.2 Å². The number of hydrogen-bond acceptors (Lipinski definition) is 3. The van der Waals surface area contributed by atoms with Gasteiger partial charge in [0.1, 0.15) is 5.82 Å². The van der Waals surface area contributed by atoms with Gasteiger partial charge in [0, 0.05) is 31.5 Å². The van der Waals surface area contributed by atoms with Crippen molar-refractivity contribution in [3.63, 3.8) is 0 Å². The van der Waals surface area contributed by atoms with Crippen LogP contribution in [0.4, 0.5) is 29.5 Å². The smallest absolute Gasteiger partial charge is 0.352 e. The molecule has 30 heavy (non-hydrogen) atoms. The van der Waals surface area contributed by atoms with Crippen molar-refractivity contribution in [2.75, 3.05) is 29.9 Å². The number of urea groups is 1. The van der Waals surface area contributed by atoms with E-state index in [1.54, 1.807) is 9.80 Å². The van der Waals surface area contributed by atoms with Gasteiger partial charge in [-0.25, -0.2) is 9.78 Å². The molecule has 1 fully saturated rings. The molecule has 1 aromatic carbocycles. The van der Waals surface area contributed by atoms with Crippen molar-refractivity contribution in [2.45, 2.75) is 45.3 Å². The second-order valence-corrected chi connectivity index (χ2v) is 7.78. The molecule has 162 valence electrons. The second kappa shape index (κ2) is 8.93. The molecule has 8 heteroatoms. The lowest BCUT2D eigenvalue weighted by molar-refractivity contribution is -0.137. The number of carbonyl (C=O) groups excluding carboxylic acids is 1. The summed E-state index contributed by atoms with van der Waals surface area (Å²) in [6.07, 6.45) is -2.47. The van der Waals surface area contributed by atoms with Crippen LogP contribution in [0.1, 0.15) is 44.2 Å². The molecular formula is C22H27F3N4O. The summed E-state index contributed by atoms with van der Waals surface area (Å²) in [5, 5.41) is 2.91. The molecule has 0 bridgehead atoms. The zero-order valence-corrected chi connectivity index (χ0v) is 17.4. The minimum atomic E-state index is -4.47. The molecule has 1 saturated heterocycles. The molecule has 1 aromatic heterocycles. The molecule has 0 spiro atoms. The highest BCUT2D eigenvalue weighted by molar-refractivity contribution is 5.89. The molecule has 1 aliphatic heterocycles. The van der Waals surface area contributed by atoms with E-state index in [-0.39, 0.29) is 24.4 Å². The maximum atomic E-state index is 13.4. The Balaban J connectivity index is 1.71. The summed E-state index contributed by atoms with van der Waals surface area (Å²) < 4.78 is 40.1. The number of amides is 2. The fourth-order valence-electron chi connectivity index (χ4n) is 3.68. The summed E-state index contributed by atoms with van der Waals surface area (Å²) in [5.41, 5.74) is 1.14. The molecule has 2 heterocycles. The minimum absolute atomic E-state index is 0.0761. The third-order valence-electron chi connectivity index (χ3n) is 5.44. The number of alkyl halides is 3. The number of benzene rings is 1. The van der Waals surface area contributed by atoms with Crippen LogP contribution in [0.5, 0.6) is 0 Å². The van der Waals surface area contributed by atoms with E-state index in [2.05, 4.69) is 24.1 Å². The van der Waals surface area contributed by atoms with Crippen LogP contribution in [0.2, 0.25) is 0 Å². The molecule has 1 N–H and O–H groups in total. The first-order valence-electron chi connectivity index (χ1n) is 10.2. The van der Waals surface area contributed by atoms with Crippen LogP contribution in [0.15, 0.2) is 42.6 Å². The number of piperazine rings is 1. The molecule has 2 amide bonds. The fraction of sp³-hybridized carbons (Fsp3) is 0.455. The summed E-state index contributed by atoms with van der Waals surface area (Å²) in [6.45, 7) is 7.04. The maximum absolute atomic E-state index is 13.4. The monoisotopic (exact) mass is 420 g/mol. The number of halogens is 3. The number of anilines is 2. The lowest BCUT2D eigenvalue weighted by Crippen LogP contribution is -2.56. The normalized spacial score (nSPS) is 17.4. The topological polar surface area (TPSA) is 48.5 Å². The van der Waals surface area contributed by atoms with E-state index >= 15 is 0 Å². The fourth-order valence-corrected chi connectivity index (χ4v) is 3.68. The Morgan fingerprint density at radius 1 is 1.20 bits per heavy atom. The predicted molar refractivity (Wildman–Crippen MR) is 112 cm³/mol. The van der Waals surface area contributed by atoms with Crippen LogP contribution >= 0.6 is 0 Å². The highest BCUT2D eigenvalue weighted by Crippen LogP contribution is 2.36. The average molecular weight is 420 g/mol. The molecule has 2 aromatic rings. The molecule has 1 unspecified atom stereocenters. The van der Waals surface area contributed by atoms with Crippen LogP contribution in [-0.4, -0.2) is 41.6 Å². The van der Waals surface area contributed by atoms with Crippen molar-refractivity contribution in [1.29, 1.82) is 0 Å². The van der Waals surface area contributed by atoms with Crippen molar-refractivity contribution in [1.82, 2.24) is 9.88 Å². The summed E-state index contributed by atoms with van der Waals surface area (Å²) >= 11 is 0. The molecule has 0 saturated carbocycles. The minimum Gasteiger partial charge on any atom is -0.352 e. The third-order valence-corrected chi connectivity index (χ3v) is 5.44. The number of nitrogens with zero attached hydrogens (tertiary/aromatic N) is 3. The van der Waals surface area contributed by atoms with Crippen molar-refractivity contribution in [3.8, 4) is 0 Å². The Bertz CT molecular complexity index is 867. The number of nitrogens with one attached hydrogen (secondary N) is 1. The van der Waals surface area contributed by atoms with Crippen LogP contribution < -0.4 is 10.2 Å². The molecule has 0 radical (unpaired) electrons. The first-order valence-corrected chi connectivity index (χ1v) is 10.2. The van der Waals surface area contributed by atoms with E-state index in [4.69, 9.17) is 0 Å². The zero-order valence-electron chi connectivity index (χ0n) is 17.4. The van der Waals surface area contributed by atoms with E-state index in [0.29, 0.717) is 31.1 Å². The molecule has 1 atom stereocenters. The van der Waals surface area contributed by atoms with Gasteiger partial charge in [-0.3, -0.25) is 0 Å². The number of hydrogen-bond donors (Lipinski definition) is 1. The molecule has 0 aliphatic carbocycles. The Labute approximate surface area is 174 Å². The van der Waals surface area contributed by atoms with Gasteiger partial charge in [0.15, 0.2) is 0 Å². The van der Waals surface area contributed by atoms with Gasteiger partial charge >= 0.3 is 12.2 Å². The molecule has 1 aliphatic rings. The van der Waals surface area contributed by atoms with E-state index in [0.717, 1.165) is 6.07 Å². The Kier molecular flexibility index (Phi) is 6.53. The van der Waals surface area contributed by atoms with Gasteiger partial charge in [-0.1, -0.05) is 32.9 Å². The lowest BCUT2D eigenvalue weighted by atomic mass is 10.0. The van der Waals surface area contributed by atoms with Crippen molar-refractivity contribution < 1.29 is 18.0 Å². The van der Waals surface area contributed by atoms with Crippen LogP contribution in [-0.2, 0) is 6.18 Å². The SMILES string of the molecule is CCC1CN(c2ncccc2C(F)(F)F)CCN1C(=O)Nc1ccc(C(C)C)cc1. The predicted octanol–water partition coefficient (Wildman–Crippen LogP) is 5.36. The van der Waals surface area contributed by atoms with Gasteiger partial charge in [0.05, 0.1) is 11.6 Å². The van der Waals surface area contributed by atoms with E-state index in [1.165, 1.54) is 17.8 Å². The second-order valence-electron chi connectivity index (χ2n) is 7.78. The lowest BCUT2D eigenvalue weighted by Gasteiger charge is -2.42. The Morgan fingerprint density at radius 3 is 2.50 bits per heavy atom. The van der Waals surface area contributed by atoms with E-state index in [9.17, 15) is 18.0 Å². The quantitative estimate of drug-likeness (QED) is 0.725. The molecule has 5 nitrogen and oxygen atoms in total. The van der Waals surface area contributed by atoms with Crippen molar-refractivity contribution in [2.24, 2.45) is 0 Å². The zero-order chi connectivity index (χ0) is 21.9.